The predicted octanol–water partition coefficient (Wildman–Crippen LogP) is 2.70. The van der Waals surface area contributed by atoms with Crippen LogP contribution in [0.5, 0.6) is 0 Å². The molecular weight excluding hydrogens is 262 g/mol. The van der Waals surface area contributed by atoms with E-state index in [1.54, 1.807) is 0 Å². The van der Waals surface area contributed by atoms with Crippen LogP contribution in [0.2, 0.25) is 0 Å². The third-order valence-corrected chi connectivity index (χ3v) is 3.48. The quantitative estimate of drug-likeness (QED) is 0.799. The summed E-state index contributed by atoms with van der Waals surface area (Å²) in [4.78, 5) is 4.47. The van der Waals surface area contributed by atoms with Crippen molar-refractivity contribution in [3.8, 4) is 0 Å². The zero-order valence-electron chi connectivity index (χ0n) is 12.6. The van der Waals surface area contributed by atoms with Gasteiger partial charge in [-0.3, -0.25) is 4.40 Å². The van der Waals surface area contributed by atoms with Crippen LogP contribution >= 0.6 is 0 Å². The summed E-state index contributed by atoms with van der Waals surface area (Å²) in [6.07, 6.45) is 0.806. The van der Waals surface area contributed by atoms with Crippen LogP contribution in [0.4, 0.5) is 5.69 Å². The lowest BCUT2D eigenvalue weighted by Gasteiger charge is -2.07. The second kappa shape index (κ2) is 5.52. The van der Waals surface area contributed by atoms with E-state index in [4.69, 9.17) is 0 Å². The summed E-state index contributed by atoms with van der Waals surface area (Å²) < 4.78 is 2.02. The van der Waals surface area contributed by atoms with Crippen molar-refractivity contribution in [3.63, 3.8) is 0 Å². The number of nitrogens with one attached hydrogen (secondary N) is 1. The van der Waals surface area contributed by atoms with Gasteiger partial charge in [-0.2, -0.15) is 0 Å². The van der Waals surface area contributed by atoms with Crippen molar-refractivity contribution < 1.29 is 0 Å². The largest absolute Gasteiger partial charge is 0.385 e. The lowest BCUT2D eigenvalue weighted by molar-refractivity contribution is 0.835. The summed E-state index contributed by atoms with van der Waals surface area (Å²) in [6, 6.07) is 10.3. The number of aryl methyl sites for hydroxylation is 3. The highest BCUT2D eigenvalue weighted by Gasteiger charge is 2.08. The van der Waals surface area contributed by atoms with Crippen molar-refractivity contribution in [3.05, 3.63) is 53.2 Å². The molecule has 21 heavy (non-hydrogen) atoms. The molecule has 0 aliphatic heterocycles. The number of hydrogen-bond acceptors (Lipinski definition) is 4. The molecule has 2 heterocycles. The van der Waals surface area contributed by atoms with Gasteiger partial charge in [0.15, 0.2) is 5.65 Å². The summed E-state index contributed by atoms with van der Waals surface area (Å²) in [5, 5.41) is 11.9. The second-order valence-corrected chi connectivity index (χ2v) is 5.30. The molecule has 0 spiro atoms. The molecule has 0 saturated carbocycles. The fraction of sp³-hybridized carbons (Fsp3) is 0.312. The van der Waals surface area contributed by atoms with Gasteiger partial charge >= 0.3 is 0 Å². The van der Waals surface area contributed by atoms with Crippen LogP contribution in [0.3, 0.4) is 0 Å². The SMILES string of the molecule is Cc1ccc(NCCc2nnc3cc(C)nc(C)n23)cc1. The van der Waals surface area contributed by atoms with E-state index in [2.05, 4.69) is 51.7 Å². The molecule has 5 nitrogen and oxygen atoms in total. The molecule has 0 radical (unpaired) electrons. The number of anilines is 1. The third kappa shape index (κ3) is 2.86. The van der Waals surface area contributed by atoms with Crippen LogP contribution < -0.4 is 5.32 Å². The molecule has 0 amide bonds. The Balaban J connectivity index is 1.72. The smallest absolute Gasteiger partial charge is 0.164 e. The number of hydrogen-bond donors (Lipinski definition) is 1. The second-order valence-electron chi connectivity index (χ2n) is 5.30. The number of fused-ring (bicyclic) bond motifs is 1. The molecule has 3 rings (SSSR count). The molecule has 108 valence electrons. The molecule has 1 aromatic carbocycles. The summed E-state index contributed by atoms with van der Waals surface area (Å²) in [5.74, 6) is 1.87. The average molecular weight is 281 g/mol. The lowest BCUT2D eigenvalue weighted by atomic mass is 10.2. The van der Waals surface area contributed by atoms with Gasteiger partial charge in [0.25, 0.3) is 0 Å². The molecule has 0 bridgehead atoms. The summed E-state index contributed by atoms with van der Waals surface area (Å²) in [5.41, 5.74) is 4.23. The Labute approximate surface area is 124 Å². The van der Waals surface area contributed by atoms with Crippen LogP contribution in [-0.2, 0) is 6.42 Å². The minimum Gasteiger partial charge on any atom is -0.385 e. The van der Waals surface area contributed by atoms with Gasteiger partial charge in [-0.15, -0.1) is 10.2 Å². The summed E-state index contributed by atoms with van der Waals surface area (Å²) in [7, 11) is 0. The first kappa shape index (κ1) is 13.5. The zero-order chi connectivity index (χ0) is 14.8. The molecule has 1 N–H and O–H groups in total. The van der Waals surface area contributed by atoms with Crippen molar-refractivity contribution in [2.75, 3.05) is 11.9 Å². The molecule has 0 aliphatic rings. The molecule has 0 aliphatic carbocycles. The number of aromatic nitrogens is 4. The standard InChI is InChI=1S/C16H19N5/c1-11-4-6-14(7-5-11)17-9-8-15-19-20-16-10-12(2)18-13(3)21(15)16/h4-7,10,17H,8-9H2,1-3H3. The van der Waals surface area contributed by atoms with E-state index < -0.39 is 0 Å². The molecule has 2 aromatic heterocycles. The molecule has 5 heteroatoms. The predicted molar refractivity (Wildman–Crippen MR) is 83.6 cm³/mol. The van der Waals surface area contributed by atoms with E-state index in [9.17, 15) is 0 Å². The molecule has 0 unspecified atom stereocenters. The van der Waals surface area contributed by atoms with Gasteiger partial charge in [0.1, 0.15) is 11.6 Å². The van der Waals surface area contributed by atoms with E-state index in [0.717, 1.165) is 41.6 Å². The number of rotatable bonds is 4. The van der Waals surface area contributed by atoms with Crippen molar-refractivity contribution in [1.29, 1.82) is 0 Å². The van der Waals surface area contributed by atoms with Crippen molar-refractivity contribution >= 4 is 11.3 Å². The van der Waals surface area contributed by atoms with Crippen molar-refractivity contribution in [2.45, 2.75) is 27.2 Å². The minimum atomic E-state index is 0.806. The zero-order valence-corrected chi connectivity index (χ0v) is 12.6. The Hall–Kier alpha value is -2.43. The Morgan fingerprint density at radius 1 is 1.05 bits per heavy atom. The van der Waals surface area contributed by atoms with Crippen molar-refractivity contribution in [2.24, 2.45) is 0 Å². The molecule has 0 fully saturated rings. The minimum absolute atomic E-state index is 0.806. The summed E-state index contributed by atoms with van der Waals surface area (Å²) in [6.45, 7) is 6.86. The third-order valence-electron chi connectivity index (χ3n) is 3.48. The Kier molecular flexibility index (Phi) is 3.56. The lowest BCUT2D eigenvalue weighted by Crippen LogP contribution is -2.09. The Morgan fingerprint density at radius 2 is 1.81 bits per heavy atom. The van der Waals surface area contributed by atoms with Gasteiger partial charge in [-0.25, -0.2) is 4.98 Å². The molecule has 0 saturated heterocycles. The van der Waals surface area contributed by atoms with E-state index in [1.807, 2.05) is 24.3 Å². The Bertz CT molecular complexity index is 758. The number of benzene rings is 1. The molecule has 0 atom stereocenters. The van der Waals surface area contributed by atoms with E-state index in [1.165, 1.54) is 5.56 Å². The van der Waals surface area contributed by atoms with Gasteiger partial charge < -0.3 is 5.32 Å². The highest BCUT2D eigenvalue weighted by molar-refractivity contribution is 5.44. The van der Waals surface area contributed by atoms with Crippen molar-refractivity contribution in [1.82, 2.24) is 19.6 Å². The highest BCUT2D eigenvalue weighted by atomic mass is 15.3. The Morgan fingerprint density at radius 3 is 2.57 bits per heavy atom. The maximum absolute atomic E-state index is 4.47. The van der Waals surface area contributed by atoms with Gasteiger partial charge in [-0.05, 0) is 32.9 Å². The van der Waals surface area contributed by atoms with E-state index in [0.29, 0.717) is 0 Å². The van der Waals surface area contributed by atoms with Crippen LogP contribution in [0, 0.1) is 20.8 Å². The van der Waals surface area contributed by atoms with Gasteiger partial charge in [-0.1, -0.05) is 17.7 Å². The fourth-order valence-corrected chi connectivity index (χ4v) is 2.45. The average Bonchev–Trinajstić information content (AvgIpc) is 2.84. The number of nitrogens with zero attached hydrogens (tertiary/aromatic N) is 4. The monoisotopic (exact) mass is 281 g/mol. The normalized spacial score (nSPS) is 11.0. The van der Waals surface area contributed by atoms with Crippen LogP contribution in [0.25, 0.3) is 5.65 Å². The van der Waals surface area contributed by atoms with Gasteiger partial charge in [0.05, 0.1) is 0 Å². The fourth-order valence-electron chi connectivity index (χ4n) is 2.45. The highest BCUT2D eigenvalue weighted by Crippen LogP contribution is 2.11. The first-order valence-electron chi connectivity index (χ1n) is 7.12. The maximum atomic E-state index is 4.47. The molecular formula is C16H19N5. The topological polar surface area (TPSA) is 55.1 Å². The van der Waals surface area contributed by atoms with Crippen LogP contribution in [0.1, 0.15) is 22.9 Å². The van der Waals surface area contributed by atoms with Crippen LogP contribution in [-0.4, -0.2) is 26.1 Å². The summed E-state index contributed by atoms with van der Waals surface area (Å²) >= 11 is 0. The van der Waals surface area contributed by atoms with E-state index in [-0.39, 0.29) is 0 Å². The molecule has 3 aromatic rings. The maximum Gasteiger partial charge on any atom is 0.164 e. The van der Waals surface area contributed by atoms with Gasteiger partial charge in [0.2, 0.25) is 0 Å². The van der Waals surface area contributed by atoms with Crippen LogP contribution in [0.15, 0.2) is 30.3 Å². The van der Waals surface area contributed by atoms with Gasteiger partial charge in [0, 0.05) is 30.4 Å². The van der Waals surface area contributed by atoms with E-state index >= 15 is 0 Å². The first-order valence-corrected chi connectivity index (χ1v) is 7.12. The first-order chi connectivity index (χ1) is 10.1.